The van der Waals surface area contributed by atoms with Crippen LogP contribution in [0.3, 0.4) is 0 Å². The number of hydrogen-bond acceptors (Lipinski definition) is 1. The highest BCUT2D eigenvalue weighted by Gasteiger charge is 2.55. The van der Waals surface area contributed by atoms with E-state index in [0.29, 0.717) is 5.41 Å². The van der Waals surface area contributed by atoms with Crippen LogP contribution in [0.25, 0.3) is 0 Å². The molecule has 0 amide bonds. The van der Waals surface area contributed by atoms with Crippen molar-refractivity contribution in [2.24, 2.45) is 17.3 Å². The molecule has 1 aromatic heterocycles. The highest BCUT2D eigenvalue weighted by Crippen LogP contribution is 2.65. The number of nitrogens with zero attached hydrogens (tertiary/aromatic N) is 1. The average Bonchev–Trinajstić information content (AvgIpc) is 3.03. The first-order valence-corrected chi connectivity index (χ1v) is 10.5. The zero-order valence-electron chi connectivity index (χ0n) is 16.8. The summed E-state index contributed by atoms with van der Waals surface area (Å²) >= 11 is 0. The molecule has 2 bridgehead atoms. The Hall–Kier alpha value is -0.850. The molecule has 1 heteroatoms. The molecular weight excluding hydrogens is 290 g/mol. The molecule has 3 rings (SSSR count). The summed E-state index contributed by atoms with van der Waals surface area (Å²) in [5.41, 5.74) is 8.10. The zero-order chi connectivity index (χ0) is 17.5. The Bertz CT molecular complexity index is 603. The molecule has 1 aromatic rings. The number of fused-ring (bicyclic) bond motifs is 2. The van der Waals surface area contributed by atoms with Gasteiger partial charge in [-0.15, -0.1) is 0 Å². The Labute approximate surface area is 149 Å². The summed E-state index contributed by atoms with van der Waals surface area (Å²) in [6.07, 6.45) is 10.5. The number of rotatable bonds is 6. The molecule has 134 valence electrons. The van der Waals surface area contributed by atoms with E-state index < -0.39 is 0 Å². The highest BCUT2D eigenvalue weighted by molar-refractivity contribution is 5.43. The topological polar surface area (TPSA) is 12.9 Å². The maximum Gasteiger partial charge on any atom is 0.0444 e. The standard InChI is InChI=1S/C23H37N/c1-7-10-11-21-22(15(4)18(8-2)16(5)24-21)19-14-17-12-13-20(19)23(17,6)9-3/h17,19-20H,7-14H2,1-6H3/t17?,19-,20?,23?/m0/s1. The van der Waals surface area contributed by atoms with Gasteiger partial charge in [0.1, 0.15) is 0 Å². The molecule has 2 aliphatic rings. The smallest absolute Gasteiger partial charge is 0.0444 e. The van der Waals surface area contributed by atoms with Crippen molar-refractivity contribution in [2.75, 3.05) is 0 Å². The van der Waals surface area contributed by atoms with Crippen LogP contribution in [-0.4, -0.2) is 4.98 Å². The van der Waals surface area contributed by atoms with Crippen molar-refractivity contribution in [1.29, 1.82) is 0 Å². The molecule has 3 unspecified atom stereocenters. The Kier molecular flexibility index (Phi) is 5.09. The summed E-state index contributed by atoms with van der Waals surface area (Å²) in [5.74, 6) is 2.61. The molecule has 2 fully saturated rings. The second-order valence-corrected chi connectivity index (χ2v) is 8.70. The van der Waals surface area contributed by atoms with Crippen molar-refractivity contribution in [2.45, 2.75) is 98.8 Å². The third kappa shape index (κ3) is 2.63. The number of hydrogen-bond donors (Lipinski definition) is 0. The van der Waals surface area contributed by atoms with Gasteiger partial charge in [-0.25, -0.2) is 0 Å². The second kappa shape index (κ2) is 6.81. The molecule has 1 nitrogen and oxygen atoms in total. The van der Waals surface area contributed by atoms with Crippen LogP contribution in [0.1, 0.15) is 100 Å². The Morgan fingerprint density at radius 3 is 2.46 bits per heavy atom. The van der Waals surface area contributed by atoms with Crippen LogP contribution < -0.4 is 0 Å². The summed E-state index contributed by atoms with van der Waals surface area (Å²) < 4.78 is 0. The molecule has 0 aliphatic heterocycles. The van der Waals surface area contributed by atoms with Gasteiger partial charge < -0.3 is 0 Å². The van der Waals surface area contributed by atoms with E-state index in [1.807, 2.05) is 0 Å². The van der Waals surface area contributed by atoms with Gasteiger partial charge in [0.05, 0.1) is 0 Å². The van der Waals surface area contributed by atoms with Crippen LogP contribution in [0.4, 0.5) is 0 Å². The van der Waals surface area contributed by atoms with Crippen molar-refractivity contribution in [3.05, 3.63) is 28.1 Å². The van der Waals surface area contributed by atoms with Crippen LogP contribution in [0.2, 0.25) is 0 Å². The van der Waals surface area contributed by atoms with E-state index in [9.17, 15) is 0 Å². The Morgan fingerprint density at radius 1 is 1.12 bits per heavy atom. The maximum absolute atomic E-state index is 5.14. The minimum Gasteiger partial charge on any atom is -0.258 e. The SMILES string of the molecule is CCCCc1nc(C)c(CC)c(C)c1[C@H]1CC2CCC1C2(C)CC. The van der Waals surface area contributed by atoms with Gasteiger partial charge in [-0.05, 0) is 92.2 Å². The van der Waals surface area contributed by atoms with Crippen molar-refractivity contribution in [3.63, 3.8) is 0 Å². The van der Waals surface area contributed by atoms with E-state index >= 15 is 0 Å². The van der Waals surface area contributed by atoms with Crippen LogP contribution in [0.5, 0.6) is 0 Å². The molecule has 2 saturated carbocycles. The van der Waals surface area contributed by atoms with Crippen LogP contribution in [0, 0.1) is 31.1 Å². The monoisotopic (exact) mass is 327 g/mol. The third-order valence-corrected chi connectivity index (χ3v) is 7.79. The first-order valence-electron chi connectivity index (χ1n) is 10.5. The third-order valence-electron chi connectivity index (χ3n) is 7.79. The van der Waals surface area contributed by atoms with E-state index in [-0.39, 0.29) is 0 Å². The molecule has 0 aromatic carbocycles. The quantitative estimate of drug-likeness (QED) is 0.578. The zero-order valence-corrected chi connectivity index (χ0v) is 16.8. The molecule has 2 aliphatic carbocycles. The van der Waals surface area contributed by atoms with Crippen LogP contribution in [-0.2, 0) is 12.8 Å². The molecule has 0 radical (unpaired) electrons. The molecular formula is C23H37N. The van der Waals surface area contributed by atoms with Crippen LogP contribution >= 0.6 is 0 Å². The molecule has 24 heavy (non-hydrogen) atoms. The van der Waals surface area contributed by atoms with Crippen molar-refractivity contribution < 1.29 is 0 Å². The first kappa shape index (κ1) is 18.0. The Morgan fingerprint density at radius 2 is 1.88 bits per heavy atom. The largest absolute Gasteiger partial charge is 0.258 e. The van der Waals surface area contributed by atoms with Gasteiger partial charge in [-0.1, -0.05) is 40.5 Å². The number of unbranched alkanes of at least 4 members (excludes halogenated alkanes) is 1. The molecule has 4 atom stereocenters. The van der Waals surface area contributed by atoms with Gasteiger partial charge in [0.2, 0.25) is 0 Å². The lowest BCUT2D eigenvalue weighted by Crippen LogP contribution is -2.23. The van der Waals surface area contributed by atoms with E-state index in [1.54, 1.807) is 11.1 Å². The number of aromatic nitrogens is 1. The predicted molar refractivity (Wildman–Crippen MR) is 104 cm³/mol. The molecule has 0 saturated heterocycles. The van der Waals surface area contributed by atoms with Gasteiger partial charge in [0.25, 0.3) is 0 Å². The summed E-state index contributed by atoms with van der Waals surface area (Å²) in [7, 11) is 0. The fraction of sp³-hybridized carbons (Fsp3) is 0.783. The second-order valence-electron chi connectivity index (χ2n) is 8.70. The Balaban J connectivity index is 2.06. The molecule has 0 N–H and O–H groups in total. The van der Waals surface area contributed by atoms with E-state index in [0.717, 1.165) is 24.2 Å². The minimum absolute atomic E-state index is 0.580. The maximum atomic E-state index is 5.14. The lowest BCUT2D eigenvalue weighted by Gasteiger charge is -2.32. The lowest BCUT2D eigenvalue weighted by molar-refractivity contribution is 0.210. The fourth-order valence-corrected chi connectivity index (χ4v) is 6.26. The lowest BCUT2D eigenvalue weighted by atomic mass is 9.73. The minimum atomic E-state index is 0.580. The number of aryl methyl sites for hydroxylation is 2. The van der Waals surface area contributed by atoms with Gasteiger partial charge >= 0.3 is 0 Å². The van der Waals surface area contributed by atoms with Gasteiger partial charge in [0.15, 0.2) is 0 Å². The normalized spacial score (nSPS) is 31.8. The van der Waals surface area contributed by atoms with Crippen molar-refractivity contribution >= 4 is 0 Å². The summed E-state index contributed by atoms with van der Waals surface area (Å²) in [6.45, 7) is 14.2. The van der Waals surface area contributed by atoms with E-state index in [4.69, 9.17) is 4.98 Å². The summed E-state index contributed by atoms with van der Waals surface area (Å²) in [6, 6.07) is 0. The number of pyridine rings is 1. The fourth-order valence-electron chi connectivity index (χ4n) is 6.26. The van der Waals surface area contributed by atoms with Crippen molar-refractivity contribution in [1.82, 2.24) is 4.98 Å². The highest BCUT2D eigenvalue weighted by atomic mass is 14.7. The van der Waals surface area contributed by atoms with Crippen LogP contribution in [0.15, 0.2) is 0 Å². The summed E-state index contributed by atoms with van der Waals surface area (Å²) in [5, 5.41) is 0. The summed E-state index contributed by atoms with van der Waals surface area (Å²) in [4.78, 5) is 5.14. The van der Waals surface area contributed by atoms with Crippen molar-refractivity contribution in [3.8, 4) is 0 Å². The molecule has 0 spiro atoms. The van der Waals surface area contributed by atoms with Gasteiger partial charge in [-0.2, -0.15) is 0 Å². The van der Waals surface area contributed by atoms with Gasteiger partial charge in [0, 0.05) is 11.4 Å². The average molecular weight is 328 g/mol. The molecule has 1 heterocycles. The van der Waals surface area contributed by atoms with E-state index in [2.05, 4.69) is 41.5 Å². The van der Waals surface area contributed by atoms with E-state index in [1.165, 1.54) is 61.9 Å². The predicted octanol–water partition coefficient (Wildman–Crippen LogP) is 6.53. The van der Waals surface area contributed by atoms with Gasteiger partial charge in [-0.3, -0.25) is 4.98 Å². The first-order chi connectivity index (χ1) is 11.5.